The topological polar surface area (TPSA) is 3.24 Å². The summed E-state index contributed by atoms with van der Waals surface area (Å²) in [6.45, 7) is 7.26. The summed E-state index contributed by atoms with van der Waals surface area (Å²) in [6.07, 6.45) is 5.59. The zero-order chi connectivity index (χ0) is 9.47. The van der Waals surface area contributed by atoms with Crippen molar-refractivity contribution in [3.63, 3.8) is 0 Å². The lowest BCUT2D eigenvalue weighted by Gasteiger charge is -2.38. The van der Waals surface area contributed by atoms with Gasteiger partial charge < -0.3 is 4.90 Å². The average molecular weight is 179 g/mol. The Balaban J connectivity index is 2.02. The van der Waals surface area contributed by atoms with Gasteiger partial charge in [-0.15, -0.1) is 0 Å². The summed E-state index contributed by atoms with van der Waals surface area (Å²) < 4.78 is 0. The van der Waals surface area contributed by atoms with E-state index in [1.165, 1.54) is 38.8 Å². The molecule has 2 rings (SSSR count). The van der Waals surface area contributed by atoms with E-state index in [-0.39, 0.29) is 0 Å². The van der Waals surface area contributed by atoms with Gasteiger partial charge in [0, 0.05) is 0 Å². The molecule has 0 N–H and O–H groups in total. The second-order valence-corrected chi connectivity index (χ2v) is 5.22. The van der Waals surface area contributed by atoms with Gasteiger partial charge in [0.25, 0.3) is 0 Å². The minimum atomic E-state index is 0.681. The summed E-state index contributed by atoms with van der Waals surface area (Å²) in [5.41, 5.74) is 4.02. The van der Waals surface area contributed by atoms with E-state index in [1.807, 2.05) is 0 Å². The highest BCUT2D eigenvalue weighted by Crippen LogP contribution is 2.48. The van der Waals surface area contributed by atoms with Gasteiger partial charge in [-0.1, -0.05) is 11.1 Å². The Morgan fingerprint density at radius 1 is 1.00 bits per heavy atom. The SMILES string of the molecule is CC1=C(C)CC2(CCN(C)CC2)C1. The normalized spacial score (nSPS) is 28.8. The van der Waals surface area contributed by atoms with Crippen LogP contribution >= 0.6 is 0 Å². The molecule has 1 nitrogen and oxygen atoms in total. The fourth-order valence-electron chi connectivity index (χ4n) is 2.94. The Hall–Kier alpha value is -0.300. The quantitative estimate of drug-likeness (QED) is 0.517. The van der Waals surface area contributed by atoms with E-state index in [0.29, 0.717) is 5.41 Å². The van der Waals surface area contributed by atoms with Crippen LogP contribution in [-0.4, -0.2) is 25.0 Å². The molecule has 1 fully saturated rings. The Morgan fingerprint density at radius 3 is 1.92 bits per heavy atom. The highest BCUT2D eigenvalue weighted by atomic mass is 15.1. The van der Waals surface area contributed by atoms with Crippen LogP contribution in [0, 0.1) is 5.41 Å². The summed E-state index contributed by atoms with van der Waals surface area (Å²) >= 11 is 0. The third-order valence-electron chi connectivity index (χ3n) is 4.06. The van der Waals surface area contributed by atoms with Crippen molar-refractivity contribution in [2.45, 2.75) is 39.5 Å². The standard InChI is InChI=1S/C12H21N/c1-10-8-12(9-11(10)2)4-6-13(3)7-5-12/h4-9H2,1-3H3. The highest BCUT2D eigenvalue weighted by molar-refractivity contribution is 5.21. The van der Waals surface area contributed by atoms with Gasteiger partial charge in [0.15, 0.2) is 0 Å². The zero-order valence-corrected chi connectivity index (χ0v) is 9.19. The van der Waals surface area contributed by atoms with Crippen molar-refractivity contribution in [1.29, 1.82) is 0 Å². The molecule has 0 bridgehead atoms. The summed E-state index contributed by atoms with van der Waals surface area (Å²) in [4.78, 5) is 2.47. The molecule has 0 aromatic carbocycles. The third-order valence-corrected chi connectivity index (χ3v) is 4.06. The Bertz CT molecular complexity index is 216. The smallest absolute Gasteiger partial charge is 0.00163 e. The van der Waals surface area contributed by atoms with E-state index < -0.39 is 0 Å². The minimum Gasteiger partial charge on any atom is -0.306 e. The van der Waals surface area contributed by atoms with Crippen LogP contribution in [0.4, 0.5) is 0 Å². The van der Waals surface area contributed by atoms with Crippen molar-refractivity contribution >= 4 is 0 Å². The molecule has 0 atom stereocenters. The van der Waals surface area contributed by atoms with Crippen LogP contribution in [0.1, 0.15) is 39.5 Å². The maximum atomic E-state index is 2.47. The predicted octanol–water partition coefficient (Wildman–Crippen LogP) is 2.83. The molecule has 1 saturated heterocycles. The van der Waals surface area contributed by atoms with Crippen molar-refractivity contribution in [2.24, 2.45) is 5.41 Å². The monoisotopic (exact) mass is 179 g/mol. The number of piperidine rings is 1. The molecule has 0 aromatic heterocycles. The molecule has 0 radical (unpaired) electrons. The lowest BCUT2D eigenvalue weighted by atomic mass is 9.75. The Labute approximate surface area is 81.8 Å². The van der Waals surface area contributed by atoms with E-state index in [9.17, 15) is 0 Å². The molecule has 0 saturated carbocycles. The molecule has 2 aliphatic rings. The van der Waals surface area contributed by atoms with Crippen LogP contribution in [0.5, 0.6) is 0 Å². The van der Waals surface area contributed by atoms with Gasteiger partial charge in [-0.05, 0) is 65.1 Å². The van der Waals surface area contributed by atoms with Crippen molar-refractivity contribution in [2.75, 3.05) is 20.1 Å². The zero-order valence-electron chi connectivity index (χ0n) is 9.19. The van der Waals surface area contributed by atoms with Crippen LogP contribution in [0.15, 0.2) is 11.1 Å². The molecule has 13 heavy (non-hydrogen) atoms. The van der Waals surface area contributed by atoms with Gasteiger partial charge >= 0.3 is 0 Å². The van der Waals surface area contributed by atoms with E-state index in [4.69, 9.17) is 0 Å². The molecule has 1 spiro atoms. The summed E-state index contributed by atoms with van der Waals surface area (Å²) in [5, 5.41) is 0. The highest BCUT2D eigenvalue weighted by Gasteiger charge is 2.37. The first-order valence-corrected chi connectivity index (χ1v) is 5.45. The van der Waals surface area contributed by atoms with Gasteiger partial charge in [-0.25, -0.2) is 0 Å². The maximum absolute atomic E-state index is 2.47. The fourth-order valence-corrected chi connectivity index (χ4v) is 2.94. The molecule has 1 heterocycles. The third kappa shape index (κ3) is 1.67. The number of allylic oxidation sites excluding steroid dienone is 2. The van der Waals surface area contributed by atoms with Crippen molar-refractivity contribution in [3.8, 4) is 0 Å². The molecule has 74 valence electrons. The number of rotatable bonds is 0. The van der Waals surface area contributed by atoms with Crippen molar-refractivity contribution in [1.82, 2.24) is 4.90 Å². The van der Waals surface area contributed by atoms with E-state index in [1.54, 1.807) is 11.1 Å². The summed E-state index contributed by atoms with van der Waals surface area (Å²) in [7, 11) is 2.24. The first kappa shape index (κ1) is 9.26. The molecular formula is C12H21N. The first-order chi connectivity index (χ1) is 6.11. The van der Waals surface area contributed by atoms with E-state index >= 15 is 0 Å². The largest absolute Gasteiger partial charge is 0.306 e. The predicted molar refractivity (Wildman–Crippen MR) is 56.8 cm³/mol. The second kappa shape index (κ2) is 3.13. The first-order valence-electron chi connectivity index (χ1n) is 5.45. The van der Waals surface area contributed by atoms with Gasteiger partial charge in [0.1, 0.15) is 0 Å². The number of likely N-dealkylation sites (tertiary alicyclic amines) is 1. The molecule has 1 aliphatic heterocycles. The van der Waals surface area contributed by atoms with Gasteiger partial charge in [0.2, 0.25) is 0 Å². The van der Waals surface area contributed by atoms with Crippen molar-refractivity contribution < 1.29 is 0 Å². The lowest BCUT2D eigenvalue weighted by molar-refractivity contribution is 0.131. The van der Waals surface area contributed by atoms with Crippen LogP contribution in [0.2, 0.25) is 0 Å². The second-order valence-electron chi connectivity index (χ2n) is 5.22. The molecule has 0 unspecified atom stereocenters. The fraction of sp³-hybridized carbons (Fsp3) is 0.833. The number of hydrogen-bond donors (Lipinski definition) is 0. The van der Waals surface area contributed by atoms with Gasteiger partial charge in [-0.2, -0.15) is 0 Å². The molecule has 0 amide bonds. The molecule has 1 aliphatic carbocycles. The Kier molecular flexibility index (Phi) is 2.23. The van der Waals surface area contributed by atoms with Crippen LogP contribution in [-0.2, 0) is 0 Å². The van der Waals surface area contributed by atoms with Crippen molar-refractivity contribution in [3.05, 3.63) is 11.1 Å². The maximum Gasteiger partial charge on any atom is -0.00163 e. The lowest BCUT2D eigenvalue weighted by Crippen LogP contribution is -2.36. The minimum absolute atomic E-state index is 0.681. The van der Waals surface area contributed by atoms with Crippen LogP contribution in [0.25, 0.3) is 0 Å². The van der Waals surface area contributed by atoms with Gasteiger partial charge in [-0.3, -0.25) is 0 Å². The molecular weight excluding hydrogens is 158 g/mol. The Morgan fingerprint density at radius 2 is 1.46 bits per heavy atom. The van der Waals surface area contributed by atoms with E-state index in [0.717, 1.165) is 0 Å². The summed E-state index contributed by atoms with van der Waals surface area (Å²) in [5.74, 6) is 0. The summed E-state index contributed by atoms with van der Waals surface area (Å²) in [6, 6.07) is 0. The number of nitrogens with zero attached hydrogens (tertiary/aromatic N) is 1. The van der Waals surface area contributed by atoms with Gasteiger partial charge in [0.05, 0.1) is 0 Å². The van der Waals surface area contributed by atoms with Crippen LogP contribution < -0.4 is 0 Å². The molecule has 1 heteroatoms. The molecule has 0 aromatic rings. The van der Waals surface area contributed by atoms with Crippen LogP contribution in [0.3, 0.4) is 0 Å². The average Bonchev–Trinajstić information content (AvgIpc) is 2.36. The number of hydrogen-bond acceptors (Lipinski definition) is 1. The van der Waals surface area contributed by atoms with E-state index in [2.05, 4.69) is 25.8 Å².